The number of rotatable bonds is 4. The minimum atomic E-state index is -0.189. The highest BCUT2D eigenvalue weighted by Gasteiger charge is 2.06. The monoisotopic (exact) mass is 195 g/mol. The van der Waals surface area contributed by atoms with E-state index in [2.05, 4.69) is 20.8 Å². The van der Waals surface area contributed by atoms with Crippen LogP contribution >= 0.6 is 11.5 Å². The van der Waals surface area contributed by atoms with Crippen LogP contribution < -0.4 is 5.32 Å². The number of carbonyl (C=O) groups excluding carboxylic acids is 1. The molecule has 0 unspecified atom stereocenters. The van der Waals surface area contributed by atoms with Gasteiger partial charge in [-0.25, -0.2) is 0 Å². The average molecular weight is 195 g/mol. The highest BCUT2D eigenvalue weighted by atomic mass is 32.1. The van der Waals surface area contributed by atoms with Crippen molar-refractivity contribution in [2.45, 2.75) is 12.8 Å². The number of hydrogen-bond donors (Lipinski definition) is 1. The Hall–Kier alpha value is -1.41. The van der Waals surface area contributed by atoms with Crippen molar-refractivity contribution in [3.05, 3.63) is 11.1 Å². The first-order valence-electron chi connectivity index (χ1n) is 3.83. The topological polar surface area (TPSA) is 54.9 Å². The van der Waals surface area contributed by atoms with Gasteiger partial charge in [-0.3, -0.25) is 4.79 Å². The normalized spacial score (nSPS) is 9.15. The Morgan fingerprint density at radius 2 is 2.62 bits per heavy atom. The molecule has 13 heavy (non-hydrogen) atoms. The van der Waals surface area contributed by atoms with Crippen molar-refractivity contribution in [3.8, 4) is 12.3 Å². The van der Waals surface area contributed by atoms with E-state index in [4.69, 9.17) is 6.42 Å². The van der Waals surface area contributed by atoms with E-state index in [1.165, 1.54) is 0 Å². The molecule has 0 aromatic carbocycles. The summed E-state index contributed by atoms with van der Waals surface area (Å²) < 4.78 is 3.59. The van der Waals surface area contributed by atoms with E-state index in [-0.39, 0.29) is 5.91 Å². The molecule has 0 spiro atoms. The van der Waals surface area contributed by atoms with Crippen molar-refractivity contribution < 1.29 is 4.79 Å². The highest BCUT2D eigenvalue weighted by Crippen LogP contribution is 1.96. The van der Waals surface area contributed by atoms with Crippen LogP contribution in [-0.2, 0) is 0 Å². The fourth-order valence-electron chi connectivity index (χ4n) is 0.746. The molecule has 1 N–H and O–H groups in total. The Bertz CT molecular complexity index is 302. The van der Waals surface area contributed by atoms with E-state index < -0.39 is 0 Å². The molecule has 0 atom stereocenters. The molecule has 1 aromatic heterocycles. The fraction of sp³-hybridized carbons (Fsp3) is 0.375. The average Bonchev–Trinajstić information content (AvgIpc) is 2.65. The number of unbranched alkanes of at least 4 members (excludes halogenated alkanes) is 1. The minimum absolute atomic E-state index is 0.189. The second kappa shape index (κ2) is 5.27. The van der Waals surface area contributed by atoms with Crippen molar-refractivity contribution >= 4 is 17.4 Å². The number of terminal acetylenes is 1. The molecule has 0 saturated carbocycles. The summed E-state index contributed by atoms with van der Waals surface area (Å²) in [7, 11) is 0. The summed E-state index contributed by atoms with van der Waals surface area (Å²) >= 11 is 1.16. The van der Waals surface area contributed by atoms with Crippen molar-refractivity contribution in [1.82, 2.24) is 14.9 Å². The van der Waals surface area contributed by atoms with Crippen LogP contribution in [0.1, 0.15) is 23.3 Å². The standard InChI is InChI=1S/C8H9N3OS/c1-2-3-4-5-9-8(12)7-6-13-11-10-7/h1,6H,3-5H2,(H,9,12). The lowest BCUT2D eigenvalue weighted by Gasteiger charge is -1.99. The molecule has 0 bridgehead atoms. The van der Waals surface area contributed by atoms with Gasteiger partial charge in [0.2, 0.25) is 0 Å². The summed E-state index contributed by atoms with van der Waals surface area (Å²) in [5.74, 6) is 2.31. The molecule has 0 fully saturated rings. The predicted octanol–water partition coefficient (Wildman–Crippen LogP) is 0.681. The van der Waals surface area contributed by atoms with Gasteiger partial charge < -0.3 is 5.32 Å². The number of aromatic nitrogens is 2. The van der Waals surface area contributed by atoms with Gasteiger partial charge in [0.15, 0.2) is 5.69 Å². The van der Waals surface area contributed by atoms with Gasteiger partial charge in [0.1, 0.15) is 0 Å². The van der Waals surface area contributed by atoms with Crippen molar-refractivity contribution in [1.29, 1.82) is 0 Å². The van der Waals surface area contributed by atoms with Gasteiger partial charge >= 0.3 is 0 Å². The second-order valence-corrected chi connectivity index (χ2v) is 2.96. The van der Waals surface area contributed by atoms with Crippen LogP contribution in [0.25, 0.3) is 0 Å². The summed E-state index contributed by atoms with van der Waals surface area (Å²) in [5, 5.41) is 7.93. The molecule has 1 amide bonds. The van der Waals surface area contributed by atoms with Gasteiger partial charge in [-0.15, -0.1) is 17.4 Å². The Labute approximate surface area is 80.5 Å². The lowest BCUT2D eigenvalue weighted by molar-refractivity contribution is 0.0948. The second-order valence-electron chi connectivity index (χ2n) is 2.35. The highest BCUT2D eigenvalue weighted by molar-refractivity contribution is 7.03. The minimum Gasteiger partial charge on any atom is -0.351 e. The van der Waals surface area contributed by atoms with Gasteiger partial charge in [0, 0.05) is 18.3 Å². The van der Waals surface area contributed by atoms with Crippen LogP contribution in [0.3, 0.4) is 0 Å². The number of amides is 1. The Morgan fingerprint density at radius 1 is 1.77 bits per heavy atom. The number of nitrogens with zero attached hydrogens (tertiary/aromatic N) is 2. The van der Waals surface area contributed by atoms with Crippen molar-refractivity contribution in [2.24, 2.45) is 0 Å². The third-order valence-electron chi connectivity index (χ3n) is 1.38. The van der Waals surface area contributed by atoms with E-state index in [0.29, 0.717) is 18.7 Å². The Kier molecular flexibility index (Phi) is 3.93. The number of hydrogen-bond acceptors (Lipinski definition) is 4. The molecule has 5 heteroatoms. The molecule has 1 heterocycles. The molecule has 0 radical (unpaired) electrons. The first-order chi connectivity index (χ1) is 6.34. The SMILES string of the molecule is C#CCCCNC(=O)c1csnn1. The Morgan fingerprint density at radius 3 is 3.23 bits per heavy atom. The molecule has 0 aliphatic heterocycles. The zero-order valence-electron chi connectivity index (χ0n) is 6.99. The first kappa shape index (κ1) is 9.68. The lowest BCUT2D eigenvalue weighted by Crippen LogP contribution is -2.24. The summed E-state index contributed by atoms with van der Waals surface area (Å²) in [6, 6.07) is 0. The van der Waals surface area contributed by atoms with Gasteiger partial charge in [0.05, 0.1) is 0 Å². The summed E-state index contributed by atoms with van der Waals surface area (Å²) in [6.07, 6.45) is 6.52. The third-order valence-corrected chi connectivity index (χ3v) is 1.88. The van der Waals surface area contributed by atoms with Crippen LogP contribution in [0.2, 0.25) is 0 Å². The predicted molar refractivity (Wildman–Crippen MR) is 50.3 cm³/mol. The molecule has 4 nitrogen and oxygen atoms in total. The van der Waals surface area contributed by atoms with Crippen LogP contribution in [0.15, 0.2) is 5.38 Å². The maximum Gasteiger partial charge on any atom is 0.272 e. The molecule has 0 saturated heterocycles. The van der Waals surface area contributed by atoms with E-state index in [9.17, 15) is 4.79 Å². The van der Waals surface area contributed by atoms with Crippen LogP contribution in [0, 0.1) is 12.3 Å². The smallest absolute Gasteiger partial charge is 0.272 e. The van der Waals surface area contributed by atoms with E-state index in [0.717, 1.165) is 18.0 Å². The number of nitrogens with one attached hydrogen (secondary N) is 1. The molecule has 1 rings (SSSR count). The molecule has 1 aromatic rings. The zero-order chi connectivity index (χ0) is 9.52. The van der Waals surface area contributed by atoms with Crippen LogP contribution in [0.4, 0.5) is 0 Å². The maximum absolute atomic E-state index is 11.2. The number of carbonyl (C=O) groups is 1. The van der Waals surface area contributed by atoms with Gasteiger partial charge in [0.25, 0.3) is 5.91 Å². The summed E-state index contributed by atoms with van der Waals surface area (Å²) in [6.45, 7) is 0.584. The van der Waals surface area contributed by atoms with E-state index >= 15 is 0 Å². The zero-order valence-corrected chi connectivity index (χ0v) is 7.80. The Balaban J connectivity index is 2.24. The third kappa shape index (κ3) is 3.22. The van der Waals surface area contributed by atoms with E-state index in [1.54, 1.807) is 5.38 Å². The maximum atomic E-state index is 11.2. The van der Waals surface area contributed by atoms with Gasteiger partial charge in [-0.1, -0.05) is 4.49 Å². The molecular formula is C8H9N3OS. The van der Waals surface area contributed by atoms with Crippen LogP contribution in [-0.4, -0.2) is 22.0 Å². The van der Waals surface area contributed by atoms with Crippen molar-refractivity contribution in [3.63, 3.8) is 0 Å². The summed E-state index contributed by atoms with van der Waals surface area (Å²) in [4.78, 5) is 11.2. The molecule has 68 valence electrons. The van der Waals surface area contributed by atoms with E-state index in [1.807, 2.05) is 0 Å². The molecule has 0 aliphatic rings. The van der Waals surface area contributed by atoms with Gasteiger partial charge in [-0.05, 0) is 18.0 Å². The van der Waals surface area contributed by atoms with Gasteiger partial charge in [-0.2, -0.15) is 0 Å². The molecular weight excluding hydrogens is 186 g/mol. The lowest BCUT2D eigenvalue weighted by atomic mass is 10.3. The van der Waals surface area contributed by atoms with Crippen LogP contribution in [0.5, 0.6) is 0 Å². The fourth-order valence-corrected chi connectivity index (χ4v) is 1.18. The molecule has 0 aliphatic carbocycles. The quantitative estimate of drug-likeness (QED) is 0.568. The van der Waals surface area contributed by atoms with Crippen molar-refractivity contribution in [2.75, 3.05) is 6.54 Å². The first-order valence-corrected chi connectivity index (χ1v) is 4.67. The summed E-state index contributed by atoms with van der Waals surface area (Å²) in [5.41, 5.74) is 0.366. The largest absolute Gasteiger partial charge is 0.351 e.